The van der Waals surface area contributed by atoms with E-state index in [1.54, 1.807) is 18.2 Å². The predicted molar refractivity (Wildman–Crippen MR) is 147 cm³/mol. The highest BCUT2D eigenvalue weighted by atomic mass is 16.6. The van der Waals surface area contributed by atoms with Crippen molar-refractivity contribution >= 4 is 23.0 Å². The van der Waals surface area contributed by atoms with Crippen molar-refractivity contribution in [3.05, 3.63) is 46.0 Å². The first-order valence-corrected chi connectivity index (χ1v) is 13.6. The number of hydrogen-bond acceptors (Lipinski definition) is 8. The van der Waals surface area contributed by atoms with Crippen molar-refractivity contribution < 1.29 is 23.9 Å². The fourth-order valence-electron chi connectivity index (χ4n) is 5.11. The molecule has 206 valence electrons. The Bertz CT molecular complexity index is 1100. The number of carbonyl (C=O) groups is 1. The highest BCUT2D eigenvalue weighted by Crippen LogP contribution is 2.40. The molecule has 4 rings (SSSR count). The molecular weight excluding hydrogens is 488 g/mol. The number of anilines is 2. The summed E-state index contributed by atoms with van der Waals surface area (Å²) in [4.78, 5) is 31.0. The first-order chi connectivity index (χ1) is 18.5. The maximum Gasteiger partial charge on any atom is 0.292 e. The van der Waals surface area contributed by atoms with Gasteiger partial charge >= 0.3 is 0 Å². The highest BCUT2D eigenvalue weighted by molar-refractivity contribution is 5.96. The van der Waals surface area contributed by atoms with Gasteiger partial charge in [0, 0.05) is 56.6 Å². The van der Waals surface area contributed by atoms with E-state index in [9.17, 15) is 14.9 Å². The van der Waals surface area contributed by atoms with Gasteiger partial charge in [-0.1, -0.05) is 0 Å². The molecule has 0 radical (unpaired) electrons. The average Bonchev–Trinajstić information content (AvgIpc) is 2.94. The Kier molecular flexibility index (Phi) is 9.15. The minimum absolute atomic E-state index is 0.0905. The van der Waals surface area contributed by atoms with Crippen molar-refractivity contribution in [3.63, 3.8) is 0 Å². The second-order valence-corrected chi connectivity index (χ2v) is 9.36. The molecule has 0 spiro atoms. The van der Waals surface area contributed by atoms with Crippen LogP contribution in [-0.2, 0) is 0 Å². The number of ether oxygens (including phenoxy) is 3. The first-order valence-electron chi connectivity index (χ1n) is 13.6. The molecule has 0 unspecified atom stereocenters. The lowest BCUT2D eigenvalue weighted by Crippen LogP contribution is -2.48. The molecule has 0 aromatic heterocycles. The third kappa shape index (κ3) is 6.06. The summed E-state index contributed by atoms with van der Waals surface area (Å²) in [6.45, 7) is 11.0. The van der Waals surface area contributed by atoms with E-state index in [2.05, 4.69) is 9.80 Å². The lowest BCUT2D eigenvalue weighted by Gasteiger charge is -2.37. The zero-order valence-electron chi connectivity index (χ0n) is 22.6. The summed E-state index contributed by atoms with van der Waals surface area (Å²) in [5, 5.41) is 11.7. The molecule has 0 bridgehead atoms. The molecule has 0 saturated carbocycles. The van der Waals surface area contributed by atoms with E-state index >= 15 is 0 Å². The quantitative estimate of drug-likeness (QED) is 0.323. The van der Waals surface area contributed by atoms with E-state index in [0.717, 1.165) is 38.0 Å². The van der Waals surface area contributed by atoms with Crippen LogP contribution in [0.1, 0.15) is 50.4 Å². The third-order valence-corrected chi connectivity index (χ3v) is 6.94. The predicted octanol–water partition coefficient (Wildman–Crippen LogP) is 4.74. The summed E-state index contributed by atoms with van der Waals surface area (Å²) < 4.78 is 17.3. The summed E-state index contributed by atoms with van der Waals surface area (Å²) in [6, 6.07) is 8.83. The van der Waals surface area contributed by atoms with Crippen LogP contribution in [0.3, 0.4) is 0 Å². The van der Waals surface area contributed by atoms with Crippen molar-refractivity contribution in [2.75, 3.05) is 68.9 Å². The number of hydrogen-bond donors (Lipinski definition) is 0. The number of piperazine rings is 1. The molecule has 2 aliphatic rings. The Labute approximate surface area is 224 Å². The number of nitrogens with zero attached hydrogens (tertiary/aromatic N) is 4. The van der Waals surface area contributed by atoms with E-state index in [0.29, 0.717) is 74.5 Å². The number of amides is 1. The van der Waals surface area contributed by atoms with E-state index in [1.807, 2.05) is 37.8 Å². The molecule has 0 aliphatic carbocycles. The SMILES string of the molecule is CCOc1cc(C(=O)N2CCN(c3ccc([N+](=O)[O-])c(N4CCCCC4)c3)CC2)cc(OCC)c1OCC. The lowest BCUT2D eigenvalue weighted by atomic mass is 10.1. The number of piperidine rings is 1. The van der Waals surface area contributed by atoms with Gasteiger partial charge in [-0.15, -0.1) is 0 Å². The molecule has 10 heteroatoms. The average molecular weight is 527 g/mol. The van der Waals surface area contributed by atoms with Crippen LogP contribution in [0.5, 0.6) is 17.2 Å². The Morgan fingerprint density at radius 1 is 0.816 bits per heavy atom. The van der Waals surface area contributed by atoms with Gasteiger partial charge < -0.3 is 28.9 Å². The smallest absolute Gasteiger partial charge is 0.292 e. The van der Waals surface area contributed by atoms with E-state index < -0.39 is 0 Å². The van der Waals surface area contributed by atoms with Crippen LogP contribution in [0.25, 0.3) is 0 Å². The van der Waals surface area contributed by atoms with Crippen LogP contribution in [0.15, 0.2) is 30.3 Å². The summed E-state index contributed by atoms with van der Waals surface area (Å²) in [5.74, 6) is 1.42. The Hall–Kier alpha value is -3.69. The molecule has 2 saturated heterocycles. The number of benzene rings is 2. The van der Waals surface area contributed by atoms with Gasteiger partial charge in [0.15, 0.2) is 11.5 Å². The third-order valence-electron chi connectivity index (χ3n) is 6.94. The van der Waals surface area contributed by atoms with Crippen LogP contribution in [0.2, 0.25) is 0 Å². The summed E-state index contributed by atoms with van der Waals surface area (Å²) in [7, 11) is 0. The van der Waals surface area contributed by atoms with Crippen molar-refractivity contribution in [2.24, 2.45) is 0 Å². The Morgan fingerprint density at radius 3 is 1.97 bits per heavy atom. The van der Waals surface area contributed by atoms with Crippen molar-refractivity contribution in [2.45, 2.75) is 40.0 Å². The normalized spacial score (nSPS) is 15.8. The molecule has 0 N–H and O–H groups in total. The first kappa shape index (κ1) is 27.3. The fourth-order valence-corrected chi connectivity index (χ4v) is 5.11. The van der Waals surface area contributed by atoms with E-state index in [4.69, 9.17) is 14.2 Å². The van der Waals surface area contributed by atoms with Gasteiger partial charge in [0.2, 0.25) is 5.75 Å². The van der Waals surface area contributed by atoms with Crippen LogP contribution in [0, 0.1) is 10.1 Å². The zero-order valence-corrected chi connectivity index (χ0v) is 22.6. The maximum absolute atomic E-state index is 13.5. The molecule has 38 heavy (non-hydrogen) atoms. The minimum Gasteiger partial charge on any atom is -0.490 e. The number of carbonyl (C=O) groups excluding carboxylic acids is 1. The standard InChI is InChI=1S/C28H38N4O6/c1-4-36-25-18-21(19-26(37-5-2)27(25)38-6-3)28(33)31-16-14-29(15-17-31)22-10-11-23(32(34)35)24(20-22)30-12-8-7-9-13-30/h10-11,18-20H,4-9,12-17H2,1-3H3. The maximum atomic E-state index is 13.5. The van der Waals surface area contributed by atoms with Gasteiger partial charge in [-0.25, -0.2) is 0 Å². The summed E-state index contributed by atoms with van der Waals surface area (Å²) in [5.41, 5.74) is 2.28. The van der Waals surface area contributed by atoms with Crippen LogP contribution >= 0.6 is 0 Å². The van der Waals surface area contributed by atoms with Crippen LogP contribution in [0.4, 0.5) is 17.1 Å². The minimum atomic E-state index is -0.297. The summed E-state index contributed by atoms with van der Waals surface area (Å²) >= 11 is 0. The Balaban J connectivity index is 1.50. The molecule has 2 aromatic carbocycles. The second-order valence-electron chi connectivity index (χ2n) is 9.36. The van der Waals surface area contributed by atoms with Gasteiger partial charge in [-0.05, 0) is 64.3 Å². The largest absolute Gasteiger partial charge is 0.490 e. The molecule has 2 fully saturated rings. The lowest BCUT2D eigenvalue weighted by molar-refractivity contribution is -0.384. The fraction of sp³-hybridized carbons (Fsp3) is 0.536. The molecular formula is C28H38N4O6. The van der Waals surface area contributed by atoms with Gasteiger partial charge in [0.25, 0.3) is 11.6 Å². The topological polar surface area (TPSA) is 97.6 Å². The van der Waals surface area contributed by atoms with Crippen molar-refractivity contribution in [3.8, 4) is 17.2 Å². The molecule has 2 aromatic rings. The van der Waals surface area contributed by atoms with E-state index in [-0.39, 0.29) is 16.5 Å². The van der Waals surface area contributed by atoms with E-state index in [1.165, 1.54) is 0 Å². The monoisotopic (exact) mass is 526 g/mol. The number of nitro groups is 1. The summed E-state index contributed by atoms with van der Waals surface area (Å²) in [6.07, 6.45) is 3.25. The molecule has 2 aliphatic heterocycles. The number of nitro benzene ring substituents is 1. The van der Waals surface area contributed by atoms with Gasteiger partial charge in [0.1, 0.15) is 5.69 Å². The zero-order chi connectivity index (χ0) is 27.1. The van der Waals surface area contributed by atoms with Crippen molar-refractivity contribution in [1.29, 1.82) is 0 Å². The number of rotatable bonds is 10. The molecule has 2 heterocycles. The molecule has 0 atom stereocenters. The van der Waals surface area contributed by atoms with Crippen LogP contribution in [-0.4, -0.2) is 74.8 Å². The highest BCUT2D eigenvalue weighted by Gasteiger charge is 2.27. The molecule has 10 nitrogen and oxygen atoms in total. The van der Waals surface area contributed by atoms with Crippen LogP contribution < -0.4 is 24.0 Å². The van der Waals surface area contributed by atoms with Gasteiger partial charge in [-0.2, -0.15) is 0 Å². The van der Waals surface area contributed by atoms with Crippen molar-refractivity contribution in [1.82, 2.24) is 4.90 Å². The second kappa shape index (κ2) is 12.7. The Morgan fingerprint density at radius 2 is 1.42 bits per heavy atom. The van der Waals surface area contributed by atoms with Gasteiger partial charge in [-0.3, -0.25) is 14.9 Å². The van der Waals surface area contributed by atoms with Gasteiger partial charge in [0.05, 0.1) is 24.7 Å². The molecule has 1 amide bonds.